The second-order valence-corrected chi connectivity index (χ2v) is 6.27. The quantitative estimate of drug-likeness (QED) is 0.866. The van der Waals surface area contributed by atoms with Crippen molar-refractivity contribution in [2.24, 2.45) is 0 Å². The molecule has 1 aromatic rings. The zero-order valence-corrected chi connectivity index (χ0v) is 14.3. The summed E-state index contributed by atoms with van der Waals surface area (Å²) in [7, 11) is 0. The number of hydrogen-bond acceptors (Lipinski definition) is 3. The molecule has 0 spiro atoms. The highest BCUT2D eigenvalue weighted by molar-refractivity contribution is 6.30. The van der Waals surface area contributed by atoms with Crippen LogP contribution in [0.5, 0.6) is 0 Å². The molecule has 2 rings (SSSR count). The van der Waals surface area contributed by atoms with Crippen LogP contribution in [0.15, 0.2) is 24.3 Å². The van der Waals surface area contributed by atoms with E-state index in [1.165, 1.54) is 6.92 Å². The average Bonchev–Trinajstić information content (AvgIpc) is 3.04. The van der Waals surface area contributed by atoms with Gasteiger partial charge in [-0.2, -0.15) is 0 Å². The summed E-state index contributed by atoms with van der Waals surface area (Å²) in [6, 6.07) is 6.73. The summed E-state index contributed by atoms with van der Waals surface area (Å²) in [6.07, 6.45) is 2.09. The Kier molecular flexibility index (Phi) is 6.42. The Morgan fingerprint density at radius 3 is 2.65 bits per heavy atom. The zero-order valence-electron chi connectivity index (χ0n) is 13.5. The third-order valence-corrected chi connectivity index (χ3v) is 4.30. The molecule has 0 aliphatic carbocycles. The van der Waals surface area contributed by atoms with E-state index in [-0.39, 0.29) is 17.9 Å². The number of hydrogen-bond donors (Lipinski definition) is 1. The smallest absolute Gasteiger partial charge is 0.242 e. The average molecular weight is 339 g/mol. The zero-order chi connectivity index (χ0) is 16.8. The Labute approximate surface area is 141 Å². The molecule has 1 saturated heterocycles. The Bertz CT molecular complexity index is 541. The maximum Gasteiger partial charge on any atom is 0.242 e. The van der Waals surface area contributed by atoms with Crippen LogP contribution < -0.4 is 5.32 Å². The molecule has 0 saturated carbocycles. The predicted octanol–water partition coefficient (Wildman–Crippen LogP) is 2.37. The minimum Gasteiger partial charge on any atom is -0.376 e. The predicted molar refractivity (Wildman–Crippen MR) is 89.1 cm³/mol. The maximum atomic E-state index is 12.3. The van der Waals surface area contributed by atoms with Gasteiger partial charge in [0.25, 0.3) is 0 Å². The molecule has 1 aromatic carbocycles. The van der Waals surface area contributed by atoms with Crippen LogP contribution in [-0.4, -0.2) is 42.0 Å². The van der Waals surface area contributed by atoms with Crippen molar-refractivity contribution in [3.8, 4) is 0 Å². The van der Waals surface area contributed by atoms with Crippen LogP contribution in [-0.2, 0) is 20.9 Å². The molecule has 5 nitrogen and oxygen atoms in total. The van der Waals surface area contributed by atoms with E-state index in [4.69, 9.17) is 16.3 Å². The molecule has 2 amide bonds. The minimum absolute atomic E-state index is 0.0909. The molecule has 6 heteroatoms. The third-order valence-electron chi connectivity index (χ3n) is 4.05. The highest BCUT2D eigenvalue weighted by Gasteiger charge is 2.25. The van der Waals surface area contributed by atoms with Gasteiger partial charge in [0.05, 0.1) is 6.10 Å². The van der Waals surface area contributed by atoms with Gasteiger partial charge in [0.1, 0.15) is 6.04 Å². The van der Waals surface area contributed by atoms with Crippen molar-refractivity contribution < 1.29 is 14.3 Å². The standard InChI is InChI=1S/C17H23ClN2O3/c1-12(17(22)19-10-16-4-3-9-23-16)20(13(2)21)11-14-5-7-15(18)8-6-14/h5-8,12,16H,3-4,9-11H2,1-2H3,(H,19,22)/t12-,16+/m1/s1. The highest BCUT2D eigenvalue weighted by Crippen LogP contribution is 2.14. The second-order valence-electron chi connectivity index (χ2n) is 5.83. The van der Waals surface area contributed by atoms with Crippen molar-refractivity contribution >= 4 is 23.4 Å². The number of carbonyl (C=O) groups excluding carboxylic acids is 2. The second kappa shape index (κ2) is 8.31. The number of nitrogens with one attached hydrogen (secondary N) is 1. The first kappa shape index (κ1) is 17.8. The van der Waals surface area contributed by atoms with Crippen LogP contribution in [0.4, 0.5) is 0 Å². The van der Waals surface area contributed by atoms with Crippen LogP contribution in [0.3, 0.4) is 0 Å². The number of rotatable bonds is 6. The van der Waals surface area contributed by atoms with Gasteiger partial charge < -0.3 is 15.0 Å². The Morgan fingerprint density at radius 1 is 1.39 bits per heavy atom. The fourth-order valence-electron chi connectivity index (χ4n) is 2.62. The van der Waals surface area contributed by atoms with E-state index >= 15 is 0 Å². The first-order valence-corrected chi connectivity index (χ1v) is 8.26. The van der Waals surface area contributed by atoms with Crippen molar-refractivity contribution in [2.45, 2.75) is 45.4 Å². The summed E-state index contributed by atoms with van der Waals surface area (Å²) >= 11 is 5.87. The molecule has 23 heavy (non-hydrogen) atoms. The van der Waals surface area contributed by atoms with E-state index in [1.54, 1.807) is 24.0 Å². The number of halogens is 1. The van der Waals surface area contributed by atoms with Gasteiger partial charge in [0.2, 0.25) is 11.8 Å². The Hall–Kier alpha value is -1.59. The van der Waals surface area contributed by atoms with Gasteiger partial charge in [-0.1, -0.05) is 23.7 Å². The van der Waals surface area contributed by atoms with E-state index < -0.39 is 6.04 Å². The van der Waals surface area contributed by atoms with E-state index in [0.717, 1.165) is 25.0 Å². The van der Waals surface area contributed by atoms with E-state index in [9.17, 15) is 9.59 Å². The molecule has 1 fully saturated rings. The molecule has 2 atom stereocenters. The fraction of sp³-hybridized carbons (Fsp3) is 0.529. The largest absolute Gasteiger partial charge is 0.376 e. The molecule has 1 aliphatic rings. The van der Waals surface area contributed by atoms with Gasteiger partial charge in [-0.15, -0.1) is 0 Å². The van der Waals surface area contributed by atoms with Crippen molar-refractivity contribution in [2.75, 3.05) is 13.2 Å². The summed E-state index contributed by atoms with van der Waals surface area (Å²) in [5.41, 5.74) is 0.934. The van der Waals surface area contributed by atoms with Crippen molar-refractivity contribution in [3.63, 3.8) is 0 Å². The third kappa shape index (κ3) is 5.22. The van der Waals surface area contributed by atoms with E-state index in [2.05, 4.69) is 5.32 Å². The van der Waals surface area contributed by atoms with Gasteiger partial charge in [-0.3, -0.25) is 9.59 Å². The van der Waals surface area contributed by atoms with Crippen LogP contribution in [0.2, 0.25) is 5.02 Å². The number of carbonyl (C=O) groups is 2. The molecule has 1 heterocycles. The monoisotopic (exact) mass is 338 g/mol. The van der Waals surface area contributed by atoms with Crippen molar-refractivity contribution in [1.29, 1.82) is 0 Å². The Morgan fingerprint density at radius 2 is 2.09 bits per heavy atom. The topological polar surface area (TPSA) is 58.6 Å². The minimum atomic E-state index is -0.537. The molecular weight excluding hydrogens is 316 g/mol. The van der Waals surface area contributed by atoms with E-state index in [1.807, 2.05) is 12.1 Å². The van der Waals surface area contributed by atoms with Crippen LogP contribution in [0.25, 0.3) is 0 Å². The van der Waals surface area contributed by atoms with Crippen LogP contribution in [0.1, 0.15) is 32.3 Å². The first-order valence-electron chi connectivity index (χ1n) is 7.88. The summed E-state index contributed by atoms with van der Waals surface area (Å²) in [5, 5.41) is 3.52. The molecular formula is C17H23ClN2O3. The molecule has 0 unspecified atom stereocenters. The normalized spacial score (nSPS) is 18.5. The van der Waals surface area contributed by atoms with Gasteiger partial charge in [-0.05, 0) is 37.5 Å². The summed E-state index contributed by atoms with van der Waals surface area (Å²) in [4.78, 5) is 25.8. The summed E-state index contributed by atoms with van der Waals surface area (Å²) in [5.74, 6) is -0.302. The molecule has 0 bridgehead atoms. The SMILES string of the molecule is CC(=O)N(Cc1ccc(Cl)cc1)[C@H](C)C(=O)NC[C@@H]1CCCO1. The number of amides is 2. The lowest BCUT2D eigenvalue weighted by Crippen LogP contribution is -2.48. The Balaban J connectivity index is 1.93. The van der Waals surface area contributed by atoms with Crippen LogP contribution >= 0.6 is 11.6 Å². The number of benzene rings is 1. The van der Waals surface area contributed by atoms with E-state index in [0.29, 0.717) is 18.1 Å². The molecule has 1 N–H and O–H groups in total. The lowest BCUT2D eigenvalue weighted by molar-refractivity contribution is -0.139. The molecule has 126 valence electrons. The lowest BCUT2D eigenvalue weighted by Gasteiger charge is -2.28. The number of ether oxygens (including phenoxy) is 1. The summed E-state index contributed by atoms with van der Waals surface area (Å²) in [6.45, 7) is 4.84. The molecule has 0 aromatic heterocycles. The maximum absolute atomic E-state index is 12.3. The van der Waals surface area contributed by atoms with Gasteiger partial charge >= 0.3 is 0 Å². The van der Waals surface area contributed by atoms with Gasteiger partial charge in [-0.25, -0.2) is 0 Å². The first-order chi connectivity index (χ1) is 11.0. The van der Waals surface area contributed by atoms with Crippen molar-refractivity contribution in [3.05, 3.63) is 34.9 Å². The molecule has 0 radical (unpaired) electrons. The summed E-state index contributed by atoms with van der Waals surface area (Å²) < 4.78 is 5.49. The number of nitrogens with zero attached hydrogens (tertiary/aromatic N) is 1. The van der Waals surface area contributed by atoms with Crippen LogP contribution in [0, 0.1) is 0 Å². The lowest BCUT2D eigenvalue weighted by atomic mass is 10.1. The highest BCUT2D eigenvalue weighted by atomic mass is 35.5. The molecule has 1 aliphatic heterocycles. The van der Waals surface area contributed by atoms with Gasteiger partial charge in [0.15, 0.2) is 0 Å². The van der Waals surface area contributed by atoms with Gasteiger partial charge in [0, 0.05) is 31.6 Å². The fourth-order valence-corrected chi connectivity index (χ4v) is 2.74. The van der Waals surface area contributed by atoms with Crippen molar-refractivity contribution in [1.82, 2.24) is 10.2 Å².